The number of hydrogen-bond donors (Lipinski definition) is 0. The summed E-state index contributed by atoms with van der Waals surface area (Å²) in [5.41, 5.74) is 0. The van der Waals surface area contributed by atoms with E-state index in [1.807, 2.05) is 0 Å². The predicted molar refractivity (Wildman–Crippen MR) is 41.6 cm³/mol. The number of hydrogen-bond acceptors (Lipinski definition) is 2. The highest BCUT2D eigenvalue weighted by Crippen LogP contribution is 1.99. The van der Waals surface area contributed by atoms with Gasteiger partial charge in [-0.1, -0.05) is 13.3 Å². The molecule has 0 aliphatic rings. The molecule has 1 radical (unpaired) electrons. The van der Waals surface area contributed by atoms with Crippen LogP contribution in [0.1, 0.15) is 33.6 Å². The van der Waals surface area contributed by atoms with Crippen LogP contribution in [0.25, 0.3) is 0 Å². The molecule has 0 heterocycles. The second kappa shape index (κ2) is 6.58. The molecule has 2 atom stereocenters. The van der Waals surface area contributed by atoms with Gasteiger partial charge < -0.3 is 9.47 Å². The van der Waals surface area contributed by atoms with Crippen molar-refractivity contribution < 1.29 is 14.6 Å². The van der Waals surface area contributed by atoms with Gasteiger partial charge >= 0.3 is 0 Å². The first-order valence-electron chi connectivity index (χ1n) is 4.09. The van der Waals surface area contributed by atoms with E-state index in [9.17, 15) is 5.11 Å². The van der Waals surface area contributed by atoms with E-state index in [-0.39, 0.29) is 6.29 Å². The molecule has 0 fully saturated rings. The summed E-state index contributed by atoms with van der Waals surface area (Å²) in [6.45, 7) is 5.96. The zero-order chi connectivity index (χ0) is 8.69. The third-order valence-corrected chi connectivity index (χ3v) is 1.23. The lowest BCUT2D eigenvalue weighted by atomic mass is 10.4. The molecule has 0 spiro atoms. The van der Waals surface area contributed by atoms with Gasteiger partial charge in [0.05, 0.1) is 0 Å². The molecule has 3 heteroatoms. The highest BCUT2D eigenvalue weighted by Gasteiger charge is 2.05. The van der Waals surface area contributed by atoms with Gasteiger partial charge in [-0.25, -0.2) is 5.11 Å². The molecule has 0 aromatic rings. The predicted octanol–water partition coefficient (Wildman–Crippen LogP) is 1.94. The Balaban J connectivity index is 3.15. The number of rotatable bonds is 6. The molecule has 67 valence electrons. The fraction of sp³-hybridized carbons (Fsp3) is 1.00. The van der Waals surface area contributed by atoms with Crippen molar-refractivity contribution >= 4 is 0 Å². The molecule has 0 amide bonds. The van der Waals surface area contributed by atoms with Gasteiger partial charge in [-0.15, -0.1) is 0 Å². The van der Waals surface area contributed by atoms with E-state index in [4.69, 9.17) is 9.47 Å². The molecule has 3 nitrogen and oxygen atoms in total. The van der Waals surface area contributed by atoms with Crippen molar-refractivity contribution in [1.29, 1.82) is 0 Å². The third-order valence-electron chi connectivity index (χ3n) is 1.23. The Labute approximate surface area is 68.3 Å². The van der Waals surface area contributed by atoms with Crippen molar-refractivity contribution in [3.05, 3.63) is 0 Å². The Kier molecular flexibility index (Phi) is 6.51. The standard InChI is InChI=1S/C8H17O3/c1-4-5-6-10-8(3)11-7(2)9/h7-8H,4-6H2,1-3H3. The van der Waals surface area contributed by atoms with E-state index < -0.39 is 6.29 Å². The van der Waals surface area contributed by atoms with Crippen LogP contribution in [0, 0.1) is 0 Å². The Bertz CT molecular complexity index is 83.4. The largest absolute Gasteiger partial charge is 0.353 e. The normalized spacial score (nSPS) is 16.4. The zero-order valence-electron chi connectivity index (χ0n) is 7.50. The minimum atomic E-state index is -0.994. The molecule has 0 aromatic carbocycles. The van der Waals surface area contributed by atoms with Crippen molar-refractivity contribution in [2.24, 2.45) is 0 Å². The molecular formula is C8H17O3. The van der Waals surface area contributed by atoms with Crippen LogP contribution in [0.5, 0.6) is 0 Å². The summed E-state index contributed by atoms with van der Waals surface area (Å²) >= 11 is 0. The summed E-state index contributed by atoms with van der Waals surface area (Å²) in [4.78, 5) is 0. The minimum Gasteiger partial charge on any atom is -0.353 e. The van der Waals surface area contributed by atoms with Gasteiger partial charge in [0.2, 0.25) is 0 Å². The van der Waals surface area contributed by atoms with Crippen LogP contribution in [-0.4, -0.2) is 19.2 Å². The van der Waals surface area contributed by atoms with E-state index in [1.54, 1.807) is 6.92 Å². The zero-order valence-corrected chi connectivity index (χ0v) is 7.50. The summed E-state index contributed by atoms with van der Waals surface area (Å²) in [6.07, 6.45) is 0.751. The smallest absolute Gasteiger partial charge is 0.191 e. The molecule has 0 bridgehead atoms. The van der Waals surface area contributed by atoms with Crippen LogP contribution in [0.15, 0.2) is 0 Å². The lowest BCUT2D eigenvalue weighted by Crippen LogP contribution is -2.18. The molecule has 0 aliphatic heterocycles. The average Bonchev–Trinajstić information content (AvgIpc) is 1.86. The Morgan fingerprint density at radius 1 is 1.36 bits per heavy atom. The average molecular weight is 161 g/mol. The lowest BCUT2D eigenvalue weighted by molar-refractivity contribution is -0.232. The van der Waals surface area contributed by atoms with E-state index in [2.05, 4.69) is 6.92 Å². The molecule has 0 saturated heterocycles. The van der Waals surface area contributed by atoms with Crippen LogP contribution in [-0.2, 0) is 14.6 Å². The molecule has 2 unspecified atom stereocenters. The highest BCUT2D eigenvalue weighted by molar-refractivity contribution is 4.35. The molecule has 0 N–H and O–H groups in total. The third kappa shape index (κ3) is 7.78. The van der Waals surface area contributed by atoms with E-state index in [1.165, 1.54) is 6.92 Å². The molecular weight excluding hydrogens is 144 g/mol. The summed E-state index contributed by atoms with van der Waals surface area (Å²) in [5, 5.41) is 10.5. The van der Waals surface area contributed by atoms with Crippen molar-refractivity contribution in [1.82, 2.24) is 0 Å². The van der Waals surface area contributed by atoms with Gasteiger partial charge in [-0.3, -0.25) is 0 Å². The van der Waals surface area contributed by atoms with Crippen molar-refractivity contribution in [3.63, 3.8) is 0 Å². The van der Waals surface area contributed by atoms with Crippen molar-refractivity contribution in [2.75, 3.05) is 6.61 Å². The molecule has 11 heavy (non-hydrogen) atoms. The minimum absolute atomic E-state index is 0.367. The maximum atomic E-state index is 10.5. The van der Waals surface area contributed by atoms with Crippen molar-refractivity contribution in [3.8, 4) is 0 Å². The van der Waals surface area contributed by atoms with Gasteiger partial charge in [0.25, 0.3) is 0 Å². The maximum Gasteiger partial charge on any atom is 0.191 e. The van der Waals surface area contributed by atoms with Crippen LogP contribution in [0.2, 0.25) is 0 Å². The number of unbranched alkanes of at least 4 members (excludes halogenated alkanes) is 1. The van der Waals surface area contributed by atoms with E-state index in [0.29, 0.717) is 6.61 Å². The van der Waals surface area contributed by atoms with Crippen LogP contribution in [0.3, 0.4) is 0 Å². The van der Waals surface area contributed by atoms with Crippen LogP contribution < -0.4 is 0 Å². The van der Waals surface area contributed by atoms with Crippen LogP contribution >= 0.6 is 0 Å². The van der Waals surface area contributed by atoms with E-state index >= 15 is 0 Å². The summed E-state index contributed by atoms with van der Waals surface area (Å²) < 4.78 is 9.99. The Hall–Kier alpha value is -0.120. The Morgan fingerprint density at radius 2 is 2.00 bits per heavy atom. The molecule has 0 saturated carbocycles. The Morgan fingerprint density at radius 3 is 2.45 bits per heavy atom. The van der Waals surface area contributed by atoms with Gasteiger partial charge in [-0.05, 0) is 20.3 Å². The van der Waals surface area contributed by atoms with Gasteiger partial charge in [-0.2, -0.15) is 0 Å². The van der Waals surface area contributed by atoms with Gasteiger partial charge in [0, 0.05) is 6.61 Å². The topological polar surface area (TPSA) is 38.4 Å². The maximum absolute atomic E-state index is 10.5. The fourth-order valence-electron chi connectivity index (χ4n) is 0.703. The number of ether oxygens (including phenoxy) is 2. The van der Waals surface area contributed by atoms with Gasteiger partial charge in [0.1, 0.15) is 0 Å². The lowest BCUT2D eigenvalue weighted by Gasteiger charge is -2.14. The van der Waals surface area contributed by atoms with E-state index in [0.717, 1.165) is 12.8 Å². The SMILES string of the molecule is CCCCOC(C)OC(C)[O]. The molecule has 0 rings (SSSR count). The second-order valence-corrected chi connectivity index (χ2v) is 2.50. The first kappa shape index (κ1) is 10.9. The molecule has 0 aromatic heterocycles. The summed E-state index contributed by atoms with van der Waals surface area (Å²) in [5.74, 6) is 0. The van der Waals surface area contributed by atoms with Crippen LogP contribution in [0.4, 0.5) is 0 Å². The van der Waals surface area contributed by atoms with Crippen molar-refractivity contribution in [2.45, 2.75) is 46.2 Å². The quantitative estimate of drug-likeness (QED) is 0.441. The first-order chi connectivity index (χ1) is 5.16. The molecule has 0 aliphatic carbocycles. The summed E-state index contributed by atoms with van der Waals surface area (Å²) in [7, 11) is 0. The monoisotopic (exact) mass is 161 g/mol. The second-order valence-electron chi connectivity index (χ2n) is 2.50. The highest BCUT2D eigenvalue weighted by atomic mass is 16.7. The first-order valence-corrected chi connectivity index (χ1v) is 4.09. The summed E-state index contributed by atoms with van der Waals surface area (Å²) in [6, 6.07) is 0. The fourth-order valence-corrected chi connectivity index (χ4v) is 0.703. The van der Waals surface area contributed by atoms with Gasteiger partial charge in [0.15, 0.2) is 12.6 Å².